The molecule has 0 aromatic heterocycles. The lowest BCUT2D eigenvalue weighted by molar-refractivity contribution is -0.143. The molecule has 118 valence electrons. The van der Waals surface area contributed by atoms with E-state index in [1.165, 1.54) is 6.92 Å². The largest absolute Gasteiger partial charge is 0.480 e. The molecule has 2 atom stereocenters. The molecule has 1 aromatic carbocycles. The molecule has 0 saturated carbocycles. The van der Waals surface area contributed by atoms with Gasteiger partial charge in [0.15, 0.2) is 6.10 Å². The van der Waals surface area contributed by atoms with Gasteiger partial charge in [0.25, 0.3) is 5.91 Å². The highest BCUT2D eigenvalue weighted by Crippen LogP contribution is 2.18. The molecule has 0 aliphatic carbocycles. The van der Waals surface area contributed by atoms with Gasteiger partial charge >= 0.3 is 5.97 Å². The van der Waals surface area contributed by atoms with Crippen LogP contribution in [0.3, 0.4) is 0 Å². The Balaban J connectivity index is 2.72. The van der Waals surface area contributed by atoms with Gasteiger partial charge in [-0.25, -0.2) is 4.79 Å². The van der Waals surface area contributed by atoms with Crippen molar-refractivity contribution in [1.82, 2.24) is 5.32 Å². The lowest BCUT2D eigenvalue weighted by atomic mass is 10.0. The number of amides is 1. The van der Waals surface area contributed by atoms with E-state index in [2.05, 4.69) is 5.32 Å². The first-order valence-electron chi connectivity index (χ1n) is 7.04. The molecule has 0 radical (unpaired) electrons. The summed E-state index contributed by atoms with van der Waals surface area (Å²) in [4.78, 5) is 23.2. The monoisotopic (exact) mass is 304 g/mol. The number of hydrogen-bond donors (Lipinski definition) is 2. The summed E-state index contributed by atoms with van der Waals surface area (Å²) in [6.07, 6.45) is -0.564. The van der Waals surface area contributed by atoms with Crippen LogP contribution in [0.1, 0.15) is 32.8 Å². The van der Waals surface area contributed by atoms with Crippen molar-refractivity contribution in [3.05, 3.63) is 29.8 Å². The van der Waals surface area contributed by atoms with Crippen LogP contribution in [0.15, 0.2) is 24.3 Å². The quantitative estimate of drug-likeness (QED) is 0.802. The predicted molar refractivity (Wildman–Crippen MR) is 80.3 cm³/mol. The van der Waals surface area contributed by atoms with Gasteiger partial charge < -0.3 is 15.2 Å². The Bertz CT molecular complexity index is 578. The van der Waals surface area contributed by atoms with Crippen molar-refractivity contribution in [1.29, 1.82) is 5.26 Å². The second-order valence-electron chi connectivity index (χ2n) is 5.40. The van der Waals surface area contributed by atoms with Gasteiger partial charge in [0.05, 0.1) is 5.56 Å². The molecule has 0 aliphatic rings. The third-order valence-electron chi connectivity index (χ3n) is 3.00. The number of hydrogen-bond acceptors (Lipinski definition) is 4. The smallest absolute Gasteiger partial charge is 0.326 e. The topological polar surface area (TPSA) is 99.4 Å². The number of carbonyl (C=O) groups is 2. The van der Waals surface area contributed by atoms with Crippen molar-refractivity contribution >= 4 is 11.9 Å². The third-order valence-corrected chi connectivity index (χ3v) is 3.00. The molecule has 0 aliphatic heterocycles. The fraction of sp³-hybridized carbons (Fsp3) is 0.438. The molecule has 0 spiro atoms. The molecule has 0 fully saturated rings. The first kappa shape index (κ1) is 17.5. The first-order chi connectivity index (χ1) is 10.3. The maximum absolute atomic E-state index is 12.1. The Morgan fingerprint density at radius 3 is 2.50 bits per heavy atom. The van der Waals surface area contributed by atoms with Gasteiger partial charge in [0, 0.05) is 0 Å². The fourth-order valence-electron chi connectivity index (χ4n) is 1.89. The van der Waals surface area contributed by atoms with Crippen LogP contribution in [0.4, 0.5) is 0 Å². The summed E-state index contributed by atoms with van der Waals surface area (Å²) in [7, 11) is 0. The van der Waals surface area contributed by atoms with E-state index >= 15 is 0 Å². The minimum atomic E-state index is -1.08. The SMILES string of the molecule is CC(C)CC(NC(=O)C(C)Oc1ccccc1C#N)C(=O)O. The Morgan fingerprint density at radius 2 is 1.95 bits per heavy atom. The molecule has 0 saturated heterocycles. The number of benzene rings is 1. The highest BCUT2D eigenvalue weighted by atomic mass is 16.5. The lowest BCUT2D eigenvalue weighted by Gasteiger charge is -2.20. The number of ether oxygens (including phenoxy) is 1. The van der Waals surface area contributed by atoms with Crippen LogP contribution in [-0.4, -0.2) is 29.1 Å². The Hall–Kier alpha value is -2.55. The average Bonchev–Trinajstić information content (AvgIpc) is 2.46. The molecule has 1 aromatic rings. The standard InChI is InChI=1S/C16H20N2O4/c1-10(2)8-13(16(20)21)18-15(19)11(3)22-14-7-5-4-6-12(14)9-17/h4-7,10-11,13H,8H2,1-3H3,(H,18,19)(H,20,21). The second-order valence-corrected chi connectivity index (χ2v) is 5.40. The van der Waals surface area contributed by atoms with Crippen LogP contribution in [0.2, 0.25) is 0 Å². The number of para-hydroxylation sites is 1. The van der Waals surface area contributed by atoms with E-state index in [-0.39, 0.29) is 5.92 Å². The summed E-state index contributed by atoms with van der Waals surface area (Å²) in [6.45, 7) is 5.27. The summed E-state index contributed by atoms with van der Waals surface area (Å²) in [5.41, 5.74) is 0.319. The summed E-state index contributed by atoms with van der Waals surface area (Å²) >= 11 is 0. The van der Waals surface area contributed by atoms with Gasteiger partial charge in [0.1, 0.15) is 17.9 Å². The summed E-state index contributed by atoms with van der Waals surface area (Å²) in [5, 5.41) is 20.6. The molecule has 2 unspecified atom stereocenters. The molecule has 0 heterocycles. The zero-order valence-electron chi connectivity index (χ0n) is 12.9. The molecule has 6 heteroatoms. The van der Waals surface area contributed by atoms with Gasteiger partial charge in [0.2, 0.25) is 0 Å². The summed E-state index contributed by atoms with van der Waals surface area (Å²) in [5.74, 6) is -1.17. The molecule has 2 N–H and O–H groups in total. The van der Waals surface area contributed by atoms with Crippen LogP contribution in [0.5, 0.6) is 5.75 Å². The van der Waals surface area contributed by atoms with Crippen molar-refractivity contribution in [2.24, 2.45) is 5.92 Å². The highest BCUT2D eigenvalue weighted by molar-refractivity contribution is 5.86. The van der Waals surface area contributed by atoms with Crippen LogP contribution in [-0.2, 0) is 9.59 Å². The molecular formula is C16H20N2O4. The lowest BCUT2D eigenvalue weighted by Crippen LogP contribution is -2.46. The van der Waals surface area contributed by atoms with E-state index in [1.807, 2.05) is 19.9 Å². The minimum absolute atomic E-state index is 0.136. The molecule has 1 rings (SSSR count). The van der Waals surface area contributed by atoms with Crippen molar-refractivity contribution in [3.63, 3.8) is 0 Å². The molecular weight excluding hydrogens is 284 g/mol. The molecule has 1 amide bonds. The zero-order chi connectivity index (χ0) is 16.7. The molecule has 0 bridgehead atoms. The van der Waals surface area contributed by atoms with Crippen molar-refractivity contribution in [3.8, 4) is 11.8 Å². The van der Waals surface area contributed by atoms with Crippen molar-refractivity contribution in [2.45, 2.75) is 39.3 Å². The molecule has 6 nitrogen and oxygen atoms in total. The second kappa shape index (κ2) is 8.03. The Labute approximate surface area is 129 Å². The van der Waals surface area contributed by atoms with Crippen molar-refractivity contribution in [2.75, 3.05) is 0 Å². The Morgan fingerprint density at radius 1 is 1.32 bits per heavy atom. The zero-order valence-corrected chi connectivity index (χ0v) is 12.9. The number of aliphatic carboxylic acids is 1. The fourth-order valence-corrected chi connectivity index (χ4v) is 1.89. The van der Waals surface area contributed by atoms with E-state index < -0.39 is 24.0 Å². The molecule has 22 heavy (non-hydrogen) atoms. The van der Waals surface area contributed by atoms with Crippen LogP contribution >= 0.6 is 0 Å². The number of carboxylic acid groups (broad SMARTS) is 1. The van der Waals surface area contributed by atoms with Crippen LogP contribution in [0.25, 0.3) is 0 Å². The van der Waals surface area contributed by atoms with Crippen LogP contribution in [0, 0.1) is 17.2 Å². The van der Waals surface area contributed by atoms with E-state index in [1.54, 1.807) is 24.3 Å². The van der Waals surface area contributed by atoms with Gasteiger partial charge in [-0.15, -0.1) is 0 Å². The Kier molecular flexibility index (Phi) is 6.39. The first-order valence-corrected chi connectivity index (χ1v) is 7.04. The van der Waals surface area contributed by atoms with Gasteiger partial charge in [-0.2, -0.15) is 5.26 Å². The maximum atomic E-state index is 12.1. The highest BCUT2D eigenvalue weighted by Gasteiger charge is 2.25. The number of nitriles is 1. The third kappa shape index (κ3) is 5.09. The summed E-state index contributed by atoms with van der Waals surface area (Å²) < 4.78 is 5.46. The number of carboxylic acids is 1. The number of nitrogens with zero attached hydrogens (tertiary/aromatic N) is 1. The van der Waals surface area contributed by atoms with Crippen molar-refractivity contribution < 1.29 is 19.4 Å². The number of rotatable bonds is 7. The van der Waals surface area contributed by atoms with Gasteiger partial charge in [-0.1, -0.05) is 26.0 Å². The number of nitrogens with one attached hydrogen (secondary N) is 1. The van der Waals surface area contributed by atoms with E-state index in [4.69, 9.17) is 15.1 Å². The predicted octanol–water partition coefficient (Wildman–Crippen LogP) is 1.94. The van der Waals surface area contributed by atoms with Crippen LogP contribution < -0.4 is 10.1 Å². The van der Waals surface area contributed by atoms with E-state index in [0.717, 1.165) is 0 Å². The van der Waals surface area contributed by atoms with Gasteiger partial charge in [-0.05, 0) is 31.4 Å². The minimum Gasteiger partial charge on any atom is -0.480 e. The average molecular weight is 304 g/mol. The van der Waals surface area contributed by atoms with Gasteiger partial charge in [-0.3, -0.25) is 4.79 Å². The maximum Gasteiger partial charge on any atom is 0.326 e. The number of carbonyl (C=O) groups excluding carboxylic acids is 1. The normalized spacial score (nSPS) is 13.0. The summed E-state index contributed by atoms with van der Waals surface area (Å²) in [6, 6.07) is 7.58. The van der Waals surface area contributed by atoms with E-state index in [9.17, 15) is 9.59 Å². The van der Waals surface area contributed by atoms with E-state index in [0.29, 0.717) is 17.7 Å².